The number of ether oxygens (including phenoxy) is 1. The predicted molar refractivity (Wildman–Crippen MR) is 82.6 cm³/mol. The Hall–Kier alpha value is -2.14. The van der Waals surface area contributed by atoms with Gasteiger partial charge in [0.2, 0.25) is 0 Å². The Morgan fingerprint density at radius 2 is 1.82 bits per heavy atom. The van der Waals surface area contributed by atoms with E-state index in [4.69, 9.17) is 4.74 Å². The van der Waals surface area contributed by atoms with Crippen molar-refractivity contribution in [2.75, 3.05) is 27.7 Å². The molecule has 22 heavy (non-hydrogen) atoms. The van der Waals surface area contributed by atoms with Crippen molar-refractivity contribution >= 4 is 18.0 Å². The number of hydrogen-bond donors (Lipinski definition) is 0. The Bertz CT molecular complexity index is 541. The molecule has 0 bridgehead atoms. The fourth-order valence-corrected chi connectivity index (χ4v) is 1.99. The fraction of sp³-hybridized carbons (Fsp3) is 0.412. The highest BCUT2D eigenvalue weighted by molar-refractivity contribution is 5.87. The Morgan fingerprint density at radius 3 is 2.32 bits per heavy atom. The van der Waals surface area contributed by atoms with E-state index in [0.717, 1.165) is 11.1 Å². The number of likely N-dealkylation sites (N-methyl/N-ethyl adjacent to an activating group) is 1. The van der Waals surface area contributed by atoms with Crippen molar-refractivity contribution in [2.24, 2.45) is 0 Å². The third kappa shape index (κ3) is 7.59. The lowest BCUT2D eigenvalue weighted by Gasteiger charge is -2.29. The Labute approximate surface area is 131 Å². The maximum Gasteiger partial charge on any atom is 0.331 e. The van der Waals surface area contributed by atoms with E-state index in [2.05, 4.69) is 0 Å². The molecule has 1 rings (SSSR count). The predicted octanol–water partition coefficient (Wildman–Crippen LogP) is 0.766. The lowest BCUT2D eigenvalue weighted by Crippen LogP contribution is -2.45. The Balaban J connectivity index is 2.65. The summed E-state index contributed by atoms with van der Waals surface area (Å²) in [6, 6.07) is 7.68. The van der Waals surface area contributed by atoms with Crippen molar-refractivity contribution < 1.29 is 23.9 Å². The van der Waals surface area contributed by atoms with Crippen molar-refractivity contribution in [3.63, 3.8) is 0 Å². The Morgan fingerprint density at radius 1 is 1.23 bits per heavy atom. The summed E-state index contributed by atoms with van der Waals surface area (Å²) in [5.41, 5.74) is 2.02. The Kier molecular flexibility index (Phi) is 6.31. The van der Waals surface area contributed by atoms with Gasteiger partial charge < -0.3 is 19.1 Å². The van der Waals surface area contributed by atoms with Gasteiger partial charge in [-0.05, 0) is 18.6 Å². The summed E-state index contributed by atoms with van der Waals surface area (Å²) in [6.45, 7) is 2.38. The number of carbonyl (C=O) groups is 2. The number of aliphatic carboxylic acids is 1. The highest BCUT2D eigenvalue weighted by atomic mass is 16.5. The molecule has 0 heterocycles. The zero-order valence-corrected chi connectivity index (χ0v) is 13.5. The first-order valence-electron chi connectivity index (χ1n) is 7.11. The van der Waals surface area contributed by atoms with Gasteiger partial charge in [-0.2, -0.15) is 0 Å². The number of benzene rings is 1. The minimum atomic E-state index is -1.23. The van der Waals surface area contributed by atoms with Crippen LogP contribution >= 0.6 is 0 Å². The molecule has 0 aliphatic heterocycles. The fourth-order valence-electron chi connectivity index (χ4n) is 1.99. The lowest BCUT2D eigenvalue weighted by atomic mass is 10.1. The molecule has 1 aromatic rings. The van der Waals surface area contributed by atoms with Gasteiger partial charge in [0.15, 0.2) is 6.10 Å². The third-order valence-corrected chi connectivity index (χ3v) is 2.92. The molecule has 0 spiro atoms. The normalized spacial score (nSPS) is 13.1. The zero-order chi connectivity index (χ0) is 16.8. The maximum absolute atomic E-state index is 11.8. The molecule has 0 unspecified atom stereocenters. The topological polar surface area (TPSA) is 66.4 Å². The molecule has 0 N–H and O–H groups in total. The summed E-state index contributed by atoms with van der Waals surface area (Å²) in [5.74, 6) is -1.78. The molecule has 0 amide bonds. The summed E-state index contributed by atoms with van der Waals surface area (Å²) in [5, 5.41) is 10.8. The van der Waals surface area contributed by atoms with Crippen LogP contribution in [0.25, 0.3) is 6.08 Å². The van der Waals surface area contributed by atoms with Gasteiger partial charge in [0, 0.05) is 18.5 Å². The molecule has 0 aliphatic rings. The summed E-state index contributed by atoms with van der Waals surface area (Å²) in [7, 11) is 5.70. The van der Waals surface area contributed by atoms with Crippen molar-refractivity contribution in [1.82, 2.24) is 0 Å². The van der Waals surface area contributed by atoms with E-state index >= 15 is 0 Å². The smallest absolute Gasteiger partial charge is 0.331 e. The number of hydrogen-bond acceptors (Lipinski definition) is 4. The molecular weight excluding hydrogens is 282 g/mol. The van der Waals surface area contributed by atoms with E-state index in [-0.39, 0.29) is 6.42 Å². The first-order valence-corrected chi connectivity index (χ1v) is 7.11. The molecule has 5 nitrogen and oxygen atoms in total. The summed E-state index contributed by atoms with van der Waals surface area (Å²) in [6.07, 6.45) is 1.94. The van der Waals surface area contributed by atoms with Crippen LogP contribution in [0, 0.1) is 6.92 Å². The number of quaternary nitrogens is 1. The van der Waals surface area contributed by atoms with Crippen LogP contribution in [-0.2, 0) is 14.3 Å². The van der Waals surface area contributed by atoms with E-state index in [1.54, 1.807) is 6.08 Å². The van der Waals surface area contributed by atoms with E-state index < -0.39 is 18.0 Å². The van der Waals surface area contributed by atoms with Crippen LogP contribution in [0.15, 0.2) is 30.3 Å². The first-order chi connectivity index (χ1) is 10.2. The van der Waals surface area contributed by atoms with Crippen LogP contribution in [0.2, 0.25) is 0 Å². The number of nitrogens with zero attached hydrogens (tertiary/aromatic N) is 1. The quantitative estimate of drug-likeness (QED) is 0.424. The summed E-state index contributed by atoms with van der Waals surface area (Å²) in [4.78, 5) is 22.6. The molecule has 1 aromatic carbocycles. The van der Waals surface area contributed by atoms with Crippen LogP contribution in [0.4, 0.5) is 0 Å². The number of carbonyl (C=O) groups excluding carboxylic acids is 2. The van der Waals surface area contributed by atoms with Gasteiger partial charge in [0.1, 0.15) is 6.54 Å². The monoisotopic (exact) mass is 305 g/mol. The third-order valence-electron chi connectivity index (χ3n) is 2.92. The van der Waals surface area contributed by atoms with Crippen molar-refractivity contribution in [2.45, 2.75) is 19.4 Å². The van der Waals surface area contributed by atoms with Crippen molar-refractivity contribution in [3.05, 3.63) is 41.5 Å². The summed E-state index contributed by atoms with van der Waals surface area (Å²) >= 11 is 0. The maximum atomic E-state index is 11.8. The SMILES string of the molecule is Cc1ccc(/C=C/C(=O)O[C@H](CC(=O)[O-])C[N+](C)(C)C)cc1. The van der Waals surface area contributed by atoms with Gasteiger partial charge in [-0.15, -0.1) is 0 Å². The molecular formula is C17H23NO4. The van der Waals surface area contributed by atoms with Crippen LogP contribution in [0.3, 0.4) is 0 Å². The number of carboxylic acid groups (broad SMARTS) is 1. The van der Waals surface area contributed by atoms with E-state index in [0.29, 0.717) is 11.0 Å². The highest BCUT2D eigenvalue weighted by Gasteiger charge is 2.21. The van der Waals surface area contributed by atoms with Crippen LogP contribution in [-0.4, -0.2) is 50.2 Å². The molecule has 0 aromatic heterocycles. The van der Waals surface area contributed by atoms with E-state index in [1.807, 2.05) is 52.3 Å². The molecule has 0 radical (unpaired) electrons. The second-order valence-corrected chi connectivity index (χ2v) is 6.35. The minimum absolute atomic E-state index is 0.306. The van der Waals surface area contributed by atoms with Crippen molar-refractivity contribution in [3.8, 4) is 0 Å². The van der Waals surface area contributed by atoms with Gasteiger partial charge in [0.25, 0.3) is 0 Å². The molecule has 120 valence electrons. The molecule has 5 heteroatoms. The first kappa shape index (κ1) is 17.9. The molecule has 0 aliphatic carbocycles. The molecule has 0 fully saturated rings. The van der Waals surface area contributed by atoms with Gasteiger partial charge in [-0.3, -0.25) is 0 Å². The van der Waals surface area contributed by atoms with E-state index in [9.17, 15) is 14.7 Å². The summed E-state index contributed by atoms with van der Waals surface area (Å²) < 4.78 is 5.71. The van der Waals surface area contributed by atoms with Crippen LogP contribution in [0.5, 0.6) is 0 Å². The van der Waals surface area contributed by atoms with Gasteiger partial charge >= 0.3 is 5.97 Å². The number of rotatable bonds is 7. The molecule has 0 saturated heterocycles. The second-order valence-electron chi connectivity index (χ2n) is 6.35. The molecule has 1 atom stereocenters. The number of esters is 1. The van der Waals surface area contributed by atoms with Crippen LogP contribution in [0.1, 0.15) is 17.5 Å². The van der Waals surface area contributed by atoms with E-state index in [1.165, 1.54) is 6.08 Å². The highest BCUT2D eigenvalue weighted by Crippen LogP contribution is 2.08. The van der Waals surface area contributed by atoms with Gasteiger partial charge in [-0.25, -0.2) is 4.79 Å². The van der Waals surface area contributed by atoms with Gasteiger partial charge in [0.05, 0.1) is 21.1 Å². The number of carboxylic acids is 1. The molecule has 0 saturated carbocycles. The average Bonchev–Trinajstić information content (AvgIpc) is 2.35. The second kappa shape index (κ2) is 7.75. The lowest BCUT2D eigenvalue weighted by molar-refractivity contribution is -0.873. The standard InChI is InChI=1S/C17H23NO4/c1-13-5-7-14(8-6-13)9-10-17(21)22-15(11-16(19)20)12-18(2,3)4/h5-10,15H,11-12H2,1-4H3/b10-9+/t15-/m1/s1. The van der Waals surface area contributed by atoms with Crippen molar-refractivity contribution in [1.29, 1.82) is 0 Å². The van der Waals surface area contributed by atoms with Gasteiger partial charge in [-0.1, -0.05) is 29.8 Å². The van der Waals surface area contributed by atoms with Crippen LogP contribution < -0.4 is 5.11 Å². The average molecular weight is 305 g/mol. The largest absolute Gasteiger partial charge is 0.550 e. The number of aryl methyl sites for hydroxylation is 1. The zero-order valence-electron chi connectivity index (χ0n) is 13.5. The minimum Gasteiger partial charge on any atom is -0.550 e.